The Labute approximate surface area is 239 Å². The number of methoxy groups -OCH3 is 1. The van der Waals surface area contributed by atoms with Crippen molar-refractivity contribution in [1.29, 1.82) is 5.26 Å². The SMILES string of the molecule is COc1ccc(-c2ccc3c(c2)CCC(CNC[C@H](O)c2cccnc2)O3)cc1S(=O)(=O)Nc1ccc(C#N)cc1. The van der Waals surface area contributed by atoms with Crippen LogP contribution in [-0.4, -0.2) is 44.8 Å². The summed E-state index contributed by atoms with van der Waals surface area (Å²) in [5.74, 6) is 1.02. The topological polar surface area (TPSA) is 134 Å². The summed E-state index contributed by atoms with van der Waals surface area (Å²) >= 11 is 0. The molecule has 0 aliphatic carbocycles. The number of nitrogens with zero attached hydrogens (tertiary/aromatic N) is 2. The van der Waals surface area contributed by atoms with Gasteiger partial charge in [-0.25, -0.2) is 8.42 Å². The van der Waals surface area contributed by atoms with E-state index in [0.29, 0.717) is 24.3 Å². The minimum Gasteiger partial charge on any atom is -0.495 e. The molecular formula is C31H30N4O5S. The van der Waals surface area contributed by atoms with Crippen LogP contribution in [0.1, 0.15) is 29.2 Å². The summed E-state index contributed by atoms with van der Waals surface area (Å²) in [4.78, 5) is 4.05. The van der Waals surface area contributed by atoms with E-state index in [1.807, 2.05) is 36.4 Å². The summed E-state index contributed by atoms with van der Waals surface area (Å²) < 4.78 is 40.7. The van der Waals surface area contributed by atoms with E-state index in [0.717, 1.165) is 40.8 Å². The van der Waals surface area contributed by atoms with Gasteiger partial charge in [0.1, 0.15) is 22.5 Å². The molecule has 5 rings (SSSR count). The molecule has 9 nitrogen and oxygen atoms in total. The fourth-order valence-electron chi connectivity index (χ4n) is 4.73. The van der Waals surface area contributed by atoms with Crippen molar-refractivity contribution in [1.82, 2.24) is 10.3 Å². The number of benzene rings is 3. The number of nitriles is 1. The first-order chi connectivity index (χ1) is 19.9. The predicted octanol–water partition coefficient (Wildman–Crippen LogP) is 4.45. The number of fused-ring (bicyclic) bond motifs is 1. The first-order valence-electron chi connectivity index (χ1n) is 13.2. The van der Waals surface area contributed by atoms with Gasteiger partial charge in [-0.05, 0) is 84.1 Å². The van der Waals surface area contributed by atoms with Crippen molar-refractivity contribution >= 4 is 15.7 Å². The number of aliphatic hydroxyl groups excluding tert-OH is 1. The molecule has 4 aromatic rings. The van der Waals surface area contributed by atoms with E-state index in [1.165, 1.54) is 7.11 Å². The van der Waals surface area contributed by atoms with Crippen LogP contribution in [0.4, 0.5) is 5.69 Å². The van der Waals surface area contributed by atoms with Crippen LogP contribution in [0.25, 0.3) is 11.1 Å². The van der Waals surface area contributed by atoms with Crippen molar-refractivity contribution < 1.29 is 23.0 Å². The maximum atomic E-state index is 13.3. The van der Waals surface area contributed by atoms with Crippen molar-refractivity contribution in [2.45, 2.75) is 29.9 Å². The molecule has 2 atom stereocenters. The minimum absolute atomic E-state index is 0.00967. The Balaban J connectivity index is 1.27. The molecule has 0 saturated heterocycles. The molecule has 0 fully saturated rings. The van der Waals surface area contributed by atoms with E-state index < -0.39 is 16.1 Å². The van der Waals surface area contributed by atoms with Crippen molar-refractivity contribution in [2.75, 3.05) is 24.9 Å². The molecular weight excluding hydrogens is 540 g/mol. The number of rotatable bonds is 10. The standard InChI is InChI=1S/C31H30N4O5S/c1-39-30-13-8-23(16-31(30)41(37,38)35-26-9-4-21(17-32)5-10-26)22-7-12-29-24(15-22)6-11-27(40-29)19-34-20-28(36)25-3-2-14-33-18-25/h2-5,7-10,12-16,18,27-28,34-36H,6,11,19-20H2,1H3/t27?,28-/m0/s1. The maximum absolute atomic E-state index is 13.3. The molecule has 1 aliphatic rings. The smallest absolute Gasteiger partial charge is 0.265 e. The highest BCUT2D eigenvalue weighted by atomic mass is 32.2. The molecule has 0 saturated carbocycles. The zero-order valence-electron chi connectivity index (χ0n) is 22.4. The van der Waals surface area contributed by atoms with Gasteiger partial charge in [-0.1, -0.05) is 18.2 Å². The average molecular weight is 571 g/mol. The van der Waals surface area contributed by atoms with Gasteiger partial charge < -0.3 is 19.9 Å². The fourth-order valence-corrected chi connectivity index (χ4v) is 5.98. The van der Waals surface area contributed by atoms with Crippen molar-refractivity contribution in [2.24, 2.45) is 0 Å². The van der Waals surface area contributed by atoms with Crippen LogP contribution in [0.2, 0.25) is 0 Å². The third-order valence-corrected chi connectivity index (χ3v) is 8.32. The summed E-state index contributed by atoms with van der Waals surface area (Å²) in [6.45, 7) is 1.00. The fraction of sp³-hybridized carbons (Fsp3) is 0.226. The summed E-state index contributed by atoms with van der Waals surface area (Å²) in [5, 5.41) is 22.6. The van der Waals surface area contributed by atoms with Gasteiger partial charge in [-0.2, -0.15) is 5.26 Å². The molecule has 1 aliphatic heterocycles. The Kier molecular flexibility index (Phi) is 8.50. The molecule has 0 amide bonds. The summed E-state index contributed by atoms with van der Waals surface area (Å²) in [6, 6.07) is 22.7. The van der Waals surface area contributed by atoms with E-state index in [4.69, 9.17) is 14.7 Å². The molecule has 2 heterocycles. The predicted molar refractivity (Wildman–Crippen MR) is 155 cm³/mol. The number of pyridine rings is 1. The Bertz CT molecular complexity index is 1650. The quantitative estimate of drug-likeness (QED) is 0.255. The second kappa shape index (κ2) is 12.4. The monoisotopic (exact) mass is 570 g/mol. The van der Waals surface area contributed by atoms with Gasteiger partial charge in [0.05, 0.1) is 24.8 Å². The molecule has 1 aromatic heterocycles. The summed E-state index contributed by atoms with van der Waals surface area (Å²) in [7, 11) is -2.55. The van der Waals surface area contributed by atoms with Crippen LogP contribution in [0.5, 0.6) is 11.5 Å². The first-order valence-corrected chi connectivity index (χ1v) is 14.6. The molecule has 1 unspecified atom stereocenters. The van der Waals surface area contributed by atoms with Crippen LogP contribution < -0.4 is 19.5 Å². The number of ether oxygens (including phenoxy) is 2. The number of nitrogens with one attached hydrogen (secondary N) is 2. The zero-order chi connectivity index (χ0) is 28.8. The van der Waals surface area contributed by atoms with Gasteiger partial charge in [0.15, 0.2) is 0 Å². The highest BCUT2D eigenvalue weighted by Gasteiger charge is 2.23. The number of sulfonamides is 1. The molecule has 0 radical (unpaired) electrons. The number of hydrogen-bond acceptors (Lipinski definition) is 8. The second-order valence-corrected chi connectivity index (χ2v) is 11.4. The number of anilines is 1. The van der Waals surface area contributed by atoms with Crippen LogP contribution in [0.3, 0.4) is 0 Å². The lowest BCUT2D eigenvalue weighted by atomic mass is 9.97. The zero-order valence-corrected chi connectivity index (χ0v) is 23.3. The van der Waals surface area contributed by atoms with E-state index in [2.05, 4.69) is 15.0 Å². The number of aliphatic hydroxyl groups is 1. The highest BCUT2D eigenvalue weighted by molar-refractivity contribution is 7.92. The Morgan fingerprint density at radius 1 is 1.12 bits per heavy atom. The lowest BCUT2D eigenvalue weighted by Gasteiger charge is -2.27. The normalized spacial score (nSPS) is 15.2. The van der Waals surface area contributed by atoms with Gasteiger partial charge in [0, 0.05) is 36.7 Å². The van der Waals surface area contributed by atoms with Gasteiger partial charge in [0.25, 0.3) is 10.0 Å². The van der Waals surface area contributed by atoms with E-state index in [1.54, 1.807) is 54.9 Å². The molecule has 10 heteroatoms. The van der Waals surface area contributed by atoms with Crippen LogP contribution in [0.15, 0.2) is 90.1 Å². The highest BCUT2D eigenvalue weighted by Crippen LogP contribution is 2.35. The summed E-state index contributed by atoms with van der Waals surface area (Å²) in [6.07, 6.45) is 4.28. The second-order valence-electron chi connectivity index (χ2n) is 9.72. The van der Waals surface area contributed by atoms with Crippen LogP contribution >= 0.6 is 0 Å². The van der Waals surface area contributed by atoms with E-state index in [9.17, 15) is 13.5 Å². The molecule has 3 N–H and O–H groups in total. The van der Waals surface area contributed by atoms with Gasteiger partial charge >= 0.3 is 0 Å². The lowest BCUT2D eigenvalue weighted by molar-refractivity contribution is 0.146. The number of hydrogen-bond donors (Lipinski definition) is 3. The van der Waals surface area contributed by atoms with Crippen LogP contribution in [0, 0.1) is 11.3 Å². The maximum Gasteiger partial charge on any atom is 0.265 e. The van der Waals surface area contributed by atoms with E-state index >= 15 is 0 Å². The van der Waals surface area contributed by atoms with Crippen LogP contribution in [-0.2, 0) is 16.4 Å². The molecule has 0 bridgehead atoms. The third kappa shape index (κ3) is 6.66. The number of aryl methyl sites for hydroxylation is 1. The minimum atomic E-state index is -3.97. The third-order valence-electron chi connectivity index (χ3n) is 6.92. The molecule has 210 valence electrons. The molecule has 0 spiro atoms. The largest absolute Gasteiger partial charge is 0.495 e. The van der Waals surface area contributed by atoms with Crippen molar-refractivity contribution in [3.8, 4) is 28.7 Å². The van der Waals surface area contributed by atoms with E-state index in [-0.39, 0.29) is 16.7 Å². The van der Waals surface area contributed by atoms with Crippen molar-refractivity contribution in [3.05, 3.63) is 102 Å². The lowest BCUT2D eigenvalue weighted by Crippen LogP contribution is -2.36. The average Bonchev–Trinajstić information content (AvgIpc) is 3.01. The summed E-state index contributed by atoms with van der Waals surface area (Å²) in [5.41, 5.74) is 4.18. The Morgan fingerprint density at radius 2 is 1.90 bits per heavy atom. The molecule has 41 heavy (non-hydrogen) atoms. The molecule has 3 aromatic carbocycles. The van der Waals surface area contributed by atoms with Gasteiger partial charge in [-0.3, -0.25) is 9.71 Å². The van der Waals surface area contributed by atoms with Gasteiger partial charge in [0.2, 0.25) is 0 Å². The van der Waals surface area contributed by atoms with Crippen molar-refractivity contribution in [3.63, 3.8) is 0 Å². The Hall–Kier alpha value is -4.43. The van der Waals surface area contributed by atoms with Gasteiger partial charge in [-0.15, -0.1) is 0 Å². The first kappa shape index (κ1) is 28.1. The Morgan fingerprint density at radius 3 is 2.63 bits per heavy atom. The number of aromatic nitrogens is 1.